The summed E-state index contributed by atoms with van der Waals surface area (Å²) in [6, 6.07) is 9.52. The Morgan fingerprint density at radius 1 is 1.11 bits per heavy atom. The van der Waals surface area contributed by atoms with Crippen molar-refractivity contribution < 1.29 is 23.0 Å². The molecule has 4 rings (SSSR count). The molecule has 2 aromatic rings. The van der Waals surface area contributed by atoms with Crippen molar-refractivity contribution >= 4 is 11.6 Å². The number of fused-ring (bicyclic) bond motifs is 1. The summed E-state index contributed by atoms with van der Waals surface area (Å²) >= 11 is 0. The number of amides is 1. The van der Waals surface area contributed by atoms with Crippen LogP contribution in [0.15, 0.2) is 36.4 Å². The second-order valence-electron chi connectivity index (χ2n) is 7.14. The summed E-state index contributed by atoms with van der Waals surface area (Å²) in [7, 11) is 0. The van der Waals surface area contributed by atoms with Gasteiger partial charge in [-0.05, 0) is 49.1 Å². The third kappa shape index (κ3) is 4.18. The summed E-state index contributed by atoms with van der Waals surface area (Å²) in [5, 5.41) is 3.20. The predicted octanol–water partition coefficient (Wildman–Crippen LogP) is 3.73. The molecule has 5 nitrogen and oxygen atoms in total. The normalized spacial score (nSPS) is 18.2. The topological polar surface area (TPSA) is 50.8 Å². The van der Waals surface area contributed by atoms with Crippen molar-refractivity contribution in [3.8, 4) is 11.5 Å². The summed E-state index contributed by atoms with van der Waals surface area (Å²) in [4.78, 5) is 14.5. The lowest BCUT2D eigenvalue weighted by atomic mass is 10.0. The lowest BCUT2D eigenvalue weighted by Crippen LogP contribution is -2.45. The number of nitrogens with zero attached hydrogens (tertiary/aromatic N) is 1. The molecule has 2 aromatic carbocycles. The smallest absolute Gasteiger partial charge is 0.231 e. The molecule has 0 spiro atoms. The van der Waals surface area contributed by atoms with E-state index in [2.05, 4.69) is 5.32 Å². The first-order valence-corrected chi connectivity index (χ1v) is 9.46. The zero-order valence-electron chi connectivity index (χ0n) is 15.4. The van der Waals surface area contributed by atoms with Gasteiger partial charge in [0, 0.05) is 37.3 Å². The Hall–Kier alpha value is -2.83. The summed E-state index contributed by atoms with van der Waals surface area (Å²) in [5.41, 5.74) is 1.56. The number of halogens is 2. The molecule has 0 aliphatic carbocycles. The number of carbonyl (C=O) groups excluding carboxylic acids is 1. The van der Waals surface area contributed by atoms with Gasteiger partial charge in [0.25, 0.3) is 0 Å². The zero-order chi connectivity index (χ0) is 19.5. The van der Waals surface area contributed by atoms with E-state index in [9.17, 15) is 13.6 Å². The largest absolute Gasteiger partial charge is 0.454 e. The summed E-state index contributed by atoms with van der Waals surface area (Å²) in [5.74, 6) is -0.197. The molecule has 2 aliphatic rings. The summed E-state index contributed by atoms with van der Waals surface area (Å²) in [6.07, 6.45) is 2.80. The number of carbonyl (C=O) groups is 1. The number of hydrogen-bond donors (Lipinski definition) is 1. The maximum atomic E-state index is 13.4. The van der Waals surface area contributed by atoms with Crippen LogP contribution < -0.4 is 14.8 Å². The number of anilines is 1. The van der Waals surface area contributed by atoms with Crippen LogP contribution in [0.3, 0.4) is 0 Å². The molecular weight excluding hydrogens is 366 g/mol. The molecule has 0 bridgehead atoms. The van der Waals surface area contributed by atoms with Gasteiger partial charge in [0.1, 0.15) is 0 Å². The van der Waals surface area contributed by atoms with E-state index in [1.54, 1.807) is 0 Å². The van der Waals surface area contributed by atoms with Gasteiger partial charge >= 0.3 is 0 Å². The maximum Gasteiger partial charge on any atom is 0.231 e. The first-order valence-electron chi connectivity index (χ1n) is 9.46. The van der Waals surface area contributed by atoms with Gasteiger partial charge < -0.3 is 19.7 Å². The van der Waals surface area contributed by atoms with Gasteiger partial charge in [0.05, 0.1) is 0 Å². The molecule has 1 unspecified atom stereocenters. The van der Waals surface area contributed by atoms with E-state index >= 15 is 0 Å². The Morgan fingerprint density at radius 3 is 2.82 bits per heavy atom. The van der Waals surface area contributed by atoms with Crippen molar-refractivity contribution in [2.45, 2.75) is 31.7 Å². The lowest BCUT2D eigenvalue weighted by Gasteiger charge is -2.34. The third-order valence-electron chi connectivity index (χ3n) is 5.13. The van der Waals surface area contributed by atoms with Crippen LogP contribution in [0.4, 0.5) is 14.5 Å². The van der Waals surface area contributed by atoms with Gasteiger partial charge in [-0.1, -0.05) is 6.07 Å². The fourth-order valence-corrected chi connectivity index (χ4v) is 3.65. The molecule has 1 saturated heterocycles. The van der Waals surface area contributed by atoms with E-state index in [4.69, 9.17) is 9.47 Å². The van der Waals surface area contributed by atoms with Gasteiger partial charge in [0.15, 0.2) is 23.1 Å². The third-order valence-corrected chi connectivity index (χ3v) is 5.13. The van der Waals surface area contributed by atoms with Crippen molar-refractivity contribution in [2.75, 3.05) is 25.2 Å². The Morgan fingerprint density at radius 2 is 1.96 bits per heavy atom. The summed E-state index contributed by atoms with van der Waals surface area (Å²) < 4.78 is 37.1. The number of likely N-dealkylation sites (tertiary alicyclic amines) is 1. The molecule has 7 heteroatoms. The molecule has 0 radical (unpaired) electrons. The molecule has 1 N–H and O–H groups in total. The van der Waals surface area contributed by atoms with E-state index in [1.807, 2.05) is 23.1 Å². The van der Waals surface area contributed by atoms with Crippen molar-refractivity contribution in [2.24, 2.45) is 0 Å². The van der Waals surface area contributed by atoms with E-state index < -0.39 is 11.6 Å². The van der Waals surface area contributed by atoms with Gasteiger partial charge in [-0.15, -0.1) is 0 Å². The van der Waals surface area contributed by atoms with Gasteiger partial charge in [0.2, 0.25) is 12.7 Å². The number of aryl methyl sites for hydroxylation is 1. The van der Waals surface area contributed by atoms with Crippen molar-refractivity contribution in [1.29, 1.82) is 0 Å². The van der Waals surface area contributed by atoms with E-state index in [1.165, 1.54) is 6.07 Å². The first-order chi connectivity index (χ1) is 13.6. The Labute approximate surface area is 162 Å². The monoisotopic (exact) mass is 388 g/mol. The number of rotatable bonds is 5. The highest BCUT2D eigenvalue weighted by Gasteiger charge is 2.24. The Kier molecular flexibility index (Phi) is 5.32. The highest BCUT2D eigenvalue weighted by atomic mass is 19.2. The number of ether oxygens (including phenoxy) is 2. The highest BCUT2D eigenvalue weighted by molar-refractivity contribution is 5.76. The van der Waals surface area contributed by atoms with Crippen LogP contribution in [-0.2, 0) is 11.2 Å². The zero-order valence-corrected chi connectivity index (χ0v) is 15.4. The molecule has 148 valence electrons. The Balaban J connectivity index is 1.31. The molecule has 0 aromatic heterocycles. The van der Waals surface area contributed by atoms with Gasteiger partial charge in [-0.25, -0.2) is 8.78 Å². The number of benzene rings is 2. The Bertz CT molecular complexity index is 875. The molecule has 1 fully saturated rings. The van der Waals surface area contributed by atoms with Crippen LogP contribution in [0.25, 0.3) is 0 Å². The molecule has 1 amide bonds. The van der Waals surface area contributed by atoms with Crippen LogP contribution in [0.1, 0.15) is 24.8 Å². The minimum Gasteiger partial charge on any atom is -0.454 e. The minimum absolute atomic E-state index is 0.0214. The number of nitrogens with one attached hydrogen (secondary N) is 1. The highest BCUT2D eigenvalue weighted by Crippen LogP contribution is 2.32. The SMILES string of the molecule is O=C(CCc1ccc2c(c1)OCO2)N1CCCC(Nc2ccc(F)c(F)c2)C1. The van der Waals surface area contributed by atoms with Gasteiger partial charge in [-0.2, -0.15) is 0 Å². The van der Waals surface area contributed by atoms with Gasteiger partial charge in [-0.3, -0.25) is 4.79 Å². The molecule has 28 heavy (non-hydrogen) atoms. The second-order valence-corrected chi connectivity index (χ2v) is 7.14. The molecule has 2 heterocycles. The van der Waals surface area contributed by atoms with Crippen molar-refractivity contribution in [3.63, 3.8) is 0 Å². The number of piperidine rings is 1. The van der Waals surface area contributed by atoms with Crippen LogP contribution in [-0.4, -0.2) is 36.7 Å². The fourth-order valence-electron chi connectivity index (χ4n) is 3.65. The van der Waals surface area contributed by atoms with Crippen LogP contribution in [0.2, 0.25) is 0 Å². The second kappa shape index (κ2) is 8.04. The van der Waals surface area contributed by atoms with Crippen LogP contribution in [0, 0.1) is 11.6 Å². The molecule has 2 aliphatic heterocycles. The summed E-state index contributed by atoms with van der Waals surface area (Å²) in [6.45, 7) is 1.51. The number of hydrogen-bond acceptors (Lipinski definition) is 4. The molecular formula is C21H22F2N2O3. The molecule has 0 saturated carbocycles. The van der Waals surface area contributed by atoms with Crippen LogP contribution >= 0.6 is 0 Å². The van der Waals surface area contributed by atoms with E-state index in [0.29, 0.717) is 25.1 Å². The average Bonchev–Trinajstić information content (AvgIpc) is 3.17. The van der Waals surface area contributed by atoms with Crippen molar-refractivity contribution in [1.82, 2.24) is 4.90 Å². The van der Waals surface area contributed by atoms with E-state index in [0.717, 1.165) is 48.6 Å². The average molecular weight is 388 g/mol. The van der Waals surface area contributed by atoms with Crippen LogP contribution in [0.5, 0.6) is 11.5 Å². The lowest BCUT2D eigenvalue weighted by molar-refractivity contribution is -0.132. The molecule has 1 atom stereocenters. The standard InChI is InChI=1S/C21H22F2N2O3/c22-17-6-5-15(11-18(17)23)24-16-2-1-9-25(12-16)21(26)8-4-14-3-7-19-20(10-14)28-13-27-19/h3,5-7,10-11,16,24H,1-2,4,8-9,12-13H2. The minimum atomic E-state index is -0.877. The maximum absolute atomic E-state index is 13.4. The quantitative estimate of drug-likeness (QED) is 0.848. The van der Waals surface area contributed by atoms with E-state index in [-0.39, 0.29) is 18.7 Å². The van der Waals surface area contributed by atoms with Crippen molar-refractivity contribution in [3.05, 3.63) is 53.6 Å². The predicted molar refractivity (Wildman–Crippen MR) is 100 cm³/mol. The first kappa shape index (κ1) is 18.5. The fraction of sp³-hybridized carbons (Fsp3) is 0.381.